The maximum Gasteiger partial charge on any atom is 0.308 e. The maximum absolute atomic E-state index is 12.7. The van der Waals surface area contributed by atoms with Gasteiger partial charge in [0, 0.05) is 23.6 Å². The van der Waals surface area contributed by atoms with E-state index in [1.807, 2.05) is 18.2 Å². The molecule has 0 bridgehead atoms. The molecule has 1 amide bonds. The van der Waals surface area contributed by atoms with Crippen molar-refractivity contribution in [3.63, 3.8) is 0 Å². The van der Waals surface area contributed by atoms with Gasteiger partial charge < -0.3 is 14.2 Å². The van der Waals surface area contributed by atoms with Gasteiger partial charge in [0.05, 0.1) is 26.1 Å². The van der Waals surface area contributed by atoms with E-state index >= 15 is 0 Å². The molecule has 4 rings (SSSR count). The largest absolute Gasteiger partial charge is 0.493 e. The third kappa shape index (κ3) is 4.04. The van der Waals surface area contributed by atoms with E-state index in [0.717, 1.165) is 29.7 Å². The first-order valence-corrected chi connectivity index (χ1v) is 9.95. The Labute approximate surface area is 184 Å². The number of rotatable bonds is 6. The molecule has 0 aliphatic heterocycles. The average molecular weight is 434 g/mol. The predicted molar refractivity (Wildman–Crippen MR) is 117 cm³/mol. The second-order valence-corrected chi connectivity index (χ2v) is 7.13. The third-order valence-corrected chi connectivity index (χ3v) is 5.12. The molecule has 2 aromatic carbocycles. The molecule has 9 nitrogen and oxygen atoms in total. The van der Waals surface area contributed by atoms with Gasteiger partial charge in [0.15, 0.2) is 11.5 Å². The predicted octanol–water partition coefficient (Wildman–Crippen LogP) is 2.88. The van der Waals surface area contributed by atoms with Gasteiger partial charge in [0.25, 0.3) is 5.91 Å². The van der Waals surface area contributed by atoms with Crippen LogP contribution in [0.15, 0.2) is 41.5 Å². The molecule has 0 unspecified atom stereocenters. The van der Waals surface area contributed by atoms with E-state index in [1.54, 1.807) is 12.1 Å². The number of aromatic nitrogens is 2. The van der Waals surface area contributed by atoms with Crippen molar-refractivity contribution in [1.82, 2.24) is 15.6 Å². The first-order valence-electron chi connectivity index (χ1n) is 9.95. The van der Waals surface area contributed by atoms with E-state index in [4.69, 9.17) is 14.2 Å². The van der Waals surface area contributed by atoms with Gasteiger partial charge in [-0.25, -0.2) is 5.43 Å². The number of hydrogen-bond acceptors (Lipinski definition) is 7. The van der Waals surface area contributed by atoms with Gasteiger partial charge in [-0.05, 0) is 30.5 Å². The Hall–Kier alpha value is -4.14. The molecular weight excluding hydrogens is 412 g/mol. The van der Waals surface area contributed by atoms with Crippen LogP contribution in [-0.4, -0.2) is 42.5 Å². The number of benzene rings is 2. The van der Waals surface area contributed by atoms with Crippen LogP contribution in [0, 0.1) is 0 Å². The molecule has 1 heterocycles. The molecule has 1 aromatic heterocycles. The minimum absolute atomic E-state index is 0.174. The Kier molecular flexibility index (Phi) is 5.89. The van der Waals surface area contributed by atoms with E-state index in [9.17, 15) is 9.59 Å². The quantitative estimate of drug-likeness (QED) is 0.267. The Morgan fingerprint density at radius 2 is 1.84 bits per heavy atom. The monoisotopic (exact) mass is 434 g/mol. The molecule has 9 heteroatoms. The normalized spacial score (nSPS) is 12.1. The molecule has 3 aromatic rings. The zero-order valence-corrected chi connectivity index (χ0v) is 17.9. The first kappa shape index (κ1) is 21.1. The molecule has 0 fully saturated rings. The highest BCUT2D eigenvalue weighted by Crippen LogP contribution is 2.38. The summed E-state index contributed by atoms with van der Waals surface area (Å²) in [5, 5.41) is 11.2. The number of fused-ring (bicyclic) bond motifs is 3. The highest BCUT2D eigenvalue weighted by molar-refractivity contribution is 5.96. The minimum atomic E-state index is -0.499. The molecule has 1 aliphatic carbocycles. The number of esters is 1. The van der Waals surface area contributed by atoms with Crippen molar-refractivity contribution in [2.45, 2.75) is 19.8 Å². The maximum atomic E-state index is 12.7. The van der Waals surface area contributed by atoms with Gasteiger partial charge in [0.2, 0.25) is 5.75 Å². The minimum Gasteiger partial charge on any atom is -0.493 e. The Morgan fingerprint density at radius 1 is 1.12 bits per heavy atom. The molecule has 0 radical (unpaired) electrons. The molecule has 0 spiro atoms. The SMILES string of the molecule is COc1cc(/C=N/NC(=O)c2[nH]nc3c2CCc2ccccc2-3)cc(OC)c1OC(C)=O. The Balaban J connectivity index is 1.53. The van der Waals surface area contributed by atoms with Gasteiger partial charge in [-0.1, -0.05) is 24.3 Å². The number of aromatic amines is 1. The summed E-state index contributed by atoms with van der Waals surface area (Å²) in [5.74, 6) is -0.110. The van der Waals surface area contributed by atoms with Gasteiger partial charge in [-0.3, -0.25) is 14.7 Å². The smallest absolute Gasteiger partial charge is 0.308 e. The van der Waals surface area contributed by atoms with Crippen LogP contribution in [0.3, 0.4) is 0 Å². The van der Waals surface area contributed by atoms with Gasteiger partial charge >= 0.3 is 5.97 Å². The van der Waals surface area contributed by atoms with Crippen molar-refractivity contribution in [1.29, 1.82) is 0 Å². The summed E-state index contributed by atoms with van der Waals surface area (Å²) < 4.78 is 15.7. The van der Waals surface area contributed by atoms with Crippen molar-refractivity contribution in [2.24, 2.45) is 5.10 Å². The van der Waals surface area contributed by atoms with Crippen LogP contribution in [0.1, 0.15) is 34.1 Å². The van der Waals surface area contributed by atoms with E-state index in [0.29, 0.717) is 22.8 Å². The van der Waals surface area contributed by atoms with Crippen LogP contribution >= 0.6 is 0 Å². The summed E-state index contributed by atoms with van der Waals surface area (Å²) >= 11 is 0. The molecule has 164 valence electrons. The zero-order valence-electron chi connectivity index (χ0n) is 17.9. The highest BCUT2D eigenvalue weighted by atomic mass is 16.6. The lowest BCUT2D eigenvalue weighted by atomic mass is 9.89. The summed E-state index contributed by atoms with van der Waals surface area (Å²) in [7, 11) is 2.90. The average Bonchev–Trinajstić information content (AvgIpc) is 3.24. The number of hydrazone groups is 1. The Bertz CT molecular complexity index is 1190. The number of methoxy groups -OCH3 is 2. The molecule has 0 atom stereocenters. The molecule has 32 heavy (non-hydrogen) atoms. The summed E-state index contributed by atoms with van der Waals surface area (Å²) in [5.41, 5.74) is 7.44. The van der Waals surface area contributed by atoms with Crippen molar-refractivity contribution >= 4 is 18.1 Å². The van der Waals surface area contributed by atoms with Gasteiger partial charge in [-0.15, -0.1) is 0 Å². The molecule has 0 saturated carbocycles. The number of aryl methyl sites for hydroxylation is 1. The fourth-order valence-corrected chi connectivity index (χ4v) is 3.69. The first-order chi connectivity index (χ1) is 15.5. The summed E-state index contributed by atoms with van der Waals surface area (Å²) in [6.07, 6.45) is 3.01. The number of nitrogens with one attached hydrogen (secondary N) is 2. The third-order valence-electron chi connectivity index (χ3n) is 5.12. The molecule has 1 aliphatic rings. The topological polar surface area (TPSA) is 115 Å². The van der Waals surface area contributed by atoms with Crippen LogP contribution in [0.2, 0.25) is 0 Å². The lowest BCUT2D eigenvalue weighted by molar-refractivity contribution is -0.132. The van der Waals surface area contributed by atoms with Crippen molar-refractivity contribution in [3.8, 4) is 28.5 Å². The van der Waals surface area contributed by atoms with Crippen LogP contribution in [0.25, 0.3) is 11.3 Å². The van der Waals surface area contributed by atoms with Crippen LogP contribution < -0.4 is 19.6 Å². The van der Waals surface area contributed by atoms with E-state index in [2.05, 4.69) is 26.8 Å². The lowest BCUT2D eigenvalue weighted by Crippen LogP contribution is -2.20. The molecule has 2 N–H and O–H groups in total. The van der Waals surface area contributed by atoms with Crippen molar-refractivity contribution in [2.75, 3.05) is 14.2 Å². The van der Waals surface area contributed by atoms with Crippen LogP contribution in [-0.2, 0) is 17.6 Å². The zero-order chi connectivity index (χ0) is 22.7. The van der Waals surface area contributed by atoms with E-state index in [1.165, 1.54) is 32.9 Å². The summed E-state index contributed by atoms with van der Waals surface area (Å²) in [4.78, 5) is 24.0. The summed E-state index contributed by atoms with van der Waals surface area (Å²) in [6, 6.07) is 11.3. The second-order valence-electron chi connectivity index (χ2n) is 7.13. The fraction of sp³-hybridized carbons (Fsp3) is 0.217. The summed E-state index contributed by atoms with van der Waals surface area (Å²) in [6.45, 7) is 1.29. The molecular formula is C23H22N4O5. The number of carbonyl (C=O) groups is 2. The van der Waals surface area contributed by atoms with Crippen molar-refractivity contribution in [3.05, 3.63) is 58.8 Å². The van der Waals surface area contributed by atoms with Crippen LogP contribution in [0.5, 0.6) is 17.2 Å². The fourth-order valence-electron chi connectivity index (χ4n) is 3.69. The number of nitrogens with zero attached hydrogens (tertiary/aromatic N) is 2. The Morgan fingerprint density at radius 3 is 2.53 bits per heavy atom. The standard InChI is InChI=1S/C23H22N4O5/c1-13(28)32-22-18(30-2)10-14(11-19(22)31-3)12-24-27-23(29)21-17-9-8-15-6-4-5-7-16(15)20(17)25-26-21/h4-7,10-12H,8-9H2,1-3H3,(H,25,26)(H,27,29)/b24-12+. The lowest BCUT2D eigenvalue weighted by Gasteiger charge is -2.15. The highest BCUT2D eigenvalue weighted by Gasteiger charge is 2.24. The number of hydrogen-bond donors (Lipinski definition) is 2. The second kappa shape index (κ2) is 8.93. The van der Waals surface area contributed by atoms with E-state index < -0.39 is 5.97 Å². The molecule has 0 saturated heterocycles. The van der Waals surface area contributed by atoms with Crippen LogP contribution in [0.4, 0.5) is 0 Å². The van der Waals surface area contributed by atoms with Gasteiger partial charge in [0.1, 0.15) is 5.69 Å². The number of H-pyrrole nitrogens is 1. The number of ether oxygens (including phenoxy) is 3. The number of amides is 1. The van der Waals surface area contributed by atoms with Gasteiger partial charge in [-0.2, -0.15) is 10.2 Å². The van der Waals surface area contributed by atoms with Crippen molar-refractivity contribution < 1.29 is 23.8 Å². The number of carbonyl (C=O) groups excluding carboxylic acids is 2. The van der Waals surface area contributed by atoms with E-state index in [-0.39, 0.29) is 11.7 Å².